The molecular weight excluding hydrogens is 264 g/mol. The maximum atomic E-state index is 5.59. The van der Waals surface area contributed by atoms with Crippen LogP contribution in [0.15, 0.2) is 18.2 Å². The van der Waals surface area contributed by atoms with Crippen molar-refractivity contribution in [3.63, 3.8) is 0 Å². The number of nitrogens with zero attached hydrogens (tertiary/aromatic N) is 1. The second kappa shape index (κ2) is 6.67. The Bertz CT molecular complexity index is 470. The zero-order valence-corrected chi connectivity index (χ0v) is 13.1. The Balaban J connectivity index is 1.48. The molecule has 0 saturated carbocycles. The number of rotatable bonds is 5. The summed E-state index contributed by atoms with van der Waals surface area (Å²) in [6.45, 7) is 6.11. The van der Waals surface area contributed by atoms with Crippen LogP contribution in [-0.4, -0.2) is 38.4 Å². The molecule has 1 aromatic rings. The maximum absolute atomic E-state index is 5.59. The average Bonchev–Trinajstić information content (AvgIpc) is 2.97. The molecule has 1 fully saturated rings. The van der Waals surface area contributed by atoms with Gasteiger partial charge in [-0.2, -0.15) is 0 Å². The fraction of sp³-hybridized carbons (Fsp3) is 0.647. The van der Waals surface area contributed by atoms with Gasteiger partial charge in [-0.3, -0.25) is 0 Å². The lowest BCUT2D eigenvalue weighted by molar-refractivity contribution is 0.172. The molecule has 0 radical (unpaired) electrons. The summed E-state index contributed by atoms with van der Waals surface area (Å²) in [7, 11) is 2.22. The molecule has 0 aromatic heterocycles. The summed E-state index contributed by atoms with van der Waals surface area (Å²) in [6.07, 6.45) is 3.94. The van der Waals surface area contributed by atoms with Gasteiger partial charge in [0.25, 0.3) is 0 Å². The zero-order chi connectivity index (χ0) is 14.7. The van der Waals surface area contributed by atoms with Crippen LogP contribution in [0, 0.1) is 5.92 Å². The molecular formula is C17H26N2O2. The number of nitrogens with one attached hydrogen (secondary N) is 1. The fourth-order valence-corrected chi connectivity index (χ4v) is 3.26. The van der Waals surface area contributed by atoms with Gasteiger partial charge in [0.2, 0.25) is 6.79 Å². The monoisotopic (exact) mass is 290 g/mol. The third-order valence-corrected chi connectivity index (χ3v) is 4.73. The second-order valence-electron chi connectivity index (χ2n) is 6.29. The van der Waals surface area contributed by atoms with Gasteiger partial charge in [-0.15, -0.1) is 0 Å². The molecule has 1 saturated heterocycles. The van der Waals surface area contributed by atoms with Gasteiger partial charge in [-0.1, -0.05) is 12.1 Å². The van der Waals surface area contributed by atoms with Crippen molar-refractivity contribution >= 4 is 0 Å². The van der Waals surface area contributed by atoms with Gasteiger partial charge < -0.3 is 19.7 Å². The van der Waals surface area contributed by atoms with Crippen molar-refractivity contribution in [3.8, 4) is 11.5 Å². The van der Waals surface area contributed by atoms with Crippen LogP contribution in [0.4, 0.5) is 0 Å². The van der Waals surface area contributed by atoms with Gasteiger partial charge in [0.15, 0.2) is 11.5 Å². The minimum Gasteiger partial charge on any atom is -0.454 e. The lowest BCUT2D eigenvalue weighted by atomic mass is 9.93. The standard InChI is InChI=1S/C17H26N2O2/c1-13(15-4-3-5-16-17(15)21-12-20-16)18-9-6-14-7-10-19(2)11-8-14/h3-5,13-14,18H,6-12H2,1-2H3. The number of piperidine rings is 1. The molecule has 2 aliphatic rings. The van der Waals surface area contributed by atoms with Gasteiger partial charge in [0.05, 0.1) is 0 Å². The average molecular weight is 290 g/mol. The van der Waals surface area contributed by atoms with E-state index < -0.39 is 0 Å². The minimum atomic E-state index is 0.299. The van der Waals surface area contributed by atoms with Gasteiger partial charge in [0.1, 0.15) is 0 Å². The molecule has 0 amide bonds. The summed E-state index contributed by atoms with van der Waals surface area (Å²) in [5, 5.41) is 3.64. The lowest BCUT2D eigenvalue weighted by Crippen LogP contribution is -2.32. The molecule has 3 rings (SSSR count). The minimum absolute atomic E-state index is 0.299. The number of hydrogen-bond donors (Lipinski definition) is 1. The first kappa shape index (κ1) is 14.7. The van der Waals surface area contributed by atoms with Gasteiger partial charge in [-0.05, 0) is 64.9 Å². The van der Waals surface area contributed by atoms with Crippen LogP contribution in [0.3, 0.4) is 0 Å². The van der Waals surface area contributed by atoms with Gasteiger partial charge in [0, 0.05) is 11.6 Å². The molecule has 1 atom stereocenters. The van der Waals surface area contributed by atoms with E-state index in [9.17, 15) is 0 Å². The van der Waals surface area contributed by atoms with Crippen molar-refractivity contribution in [3.05, 3.63) is 23.8 Å². The Hall–Kier alpha value is -1.26. The van der Waals surface area contributed by atoms with Crippen LogP contribution < -0.4 is 14.8 Å². The molecule has 0 bridgehead atoms. The quantitative estimate of drug-likeness (QED) is 0.904. The first-order chi connectivity index (χ1) is 10.2. The van der Waals surface area contributed by atoms with Crippen molar-refractivity contribution in [2.75, 3.05) is 33.5 Å². The zero-order valence-electron chi connectivity index (χ0n) is 13.1. The van der Waals surface area contributed by atoms with Crippen LogP contribution in [0.5, 0.6) is 11.5 Å². The number of fused-ring (bicyclic) bond motifs is 1. The number of para-hydroxylation sites is 1. The van der Waals surface area contributed by atoms with E-state index in [1.54, 1.807) is 0 Å². The maximum Gasteiger partial charge on any atom is 0.231 e. The Morgan fingerprint density at radius 1 is 1.29 bits per heavy atom. The Kier molecular flexibility index (Phi) is 4.66. The topological polar surface area (TPSA) is 33.7 Å². The van der Waals surface area contributed by atoms with Gasteiger partial charge in [-0.25, -0.2) is 0 Å². The predicted molar refractivity (Wildman–Crippen MR) is 83.8 cm³/mol. The SMILES string of the molecule is CC(NCCC1CCN(C)CC1)c1cccc2c1OCO2. The Morgan fingerprint density at radius 3 is 2.90 bits per heavy atom. The van der Waals surface area contributed by atoms with E-state index in [1.165, 1.54) is 37.9 Å². The largest absolute Gasteiger partial charge is 0.454 e. The molecule has 4 nitrogen and oxygen atoms in total. The highest BCUT2D eigenvalue weighted by molar-refractivity contribution is 5.49. The van der Waals surface area contributed by atoms with Crippen molar-refractivity contribution in [1.82, 2.24) is 10.2 Å². The van der Waals surface area contributed by atoms with E-state index >= 15 is 0 Å². The molecule has 2 heterocycles. The Morgan fingerprint density at radius 2 is 2.10 bits per heavy atom. The van der Waals surface area contributed by atoms with E-state index in [0.717, 1.165) is 24.0 Å². The molecule has 4 heteroatoms. The third-order valence-electron chi connectivity index (χ3n) is 4.73. The number of likely N-dealkylation sites (tertiary alicyclic amines) is 1. The fourth-order valence-electron chi connectivity index (χ4n) is 3.26. The van der Waals surface area contributed by atoms with Crippen molar-refractivity contribution < 1.29 is 9.47 Å². The van der Waals surface area contributed by atoms with Crippen molar-refractivity contribution in [2.45, 2.75) is 32.2 Å². The summed E-state index contributed by atoms with van der Waals surface area (Å²) < 4.78 is 11.0. The van der Waals surface area contributed by atoms with Crippen molar-refractivity contribution in [1.29, 1.82) is 0 Å². The smallest absolute Gasteiger partial charge is 0.231 e. The lowest BCUT2D eigenvalue weighted by Gasteiger charge is -2.29. The molecule has 116 valence electrons. The Labute approximate surface area is 127 Å². The summed E-state index contributed by atoms with van der Waals surface area (Å²) in [5.74, 6) is 2.66. The van der Waals surface area contributed by atoms with E-state index in [0.29, 0.717) is 12.8 Å². The molecule has 21 heavy (non-hydrogen) atoms. The molecule has 0 aliphatic carbocycles. The van der Waals surface area contributed by atoms with Crippen molar-refractivity contribution in [2.24, 2.45) is 5.92 Å². The summed E-state index contributed by atoms with van der Waals surface area (Å²) in [6, 6.07) is 6.43. The highest BCUT2D eigenvalue weighted by Crippen LogP contribution is 2.38. The predicted octanol–water partition coefficient (Wildman–Crippen LogP) is 2.80. The van der Waals surface area contributed by atoms with E-state index in [2.05, 4.69) is 30.3 Å². The van der Waals surface area contributed by atoms with Crippen LogP contribution in [0.1, 0.15) is 37.8 Å². The van der Waals surface area contributed by atoms with Crippen LogP contribution in [0.2, 0.25) is 0 Å². The van der Waals surface area contributed by atoms with E-state index in [1.807, 2.05) is 12.1 Å². The number of ether oxygens (including phenoxy) is 2. The highest BCUT2D eigenvalue weighted by atomic mass is 16.7. The molecule has 0 spiro atoms. The normalized spacial score (nSPS) is 20.7. The first-order valence-electron chi connectivity index (χ1n) is 8.04. The van der Waals surface area contributed by atoms with Crippen LogP contribution in [-0.2, 0) is 0 Å². The van der Waals surface area contributed by atoms with Crippen LogP contribution >= 0.6 is 0 Å². The summed E-state index contributed by atoms with van der Waals surface area (Å²) in [5.41, 5.74) is 1.20. The third kappa shape index (κ3) is 3.50. The first-order valence-corrected chi connectivity index (χ1v) is 8.04. The number of hydrogen-bond acceptors (Lipinski definition) is 4. The van der Waals surface area contributed by atoms with E-state index in [4.69, 9.17) is 9.47 Å². The highest BCUT2D eigenvalue weighted by Gasteiger charge is 2.21. The summed E-state index contributed by atoms with van der Waals surface area (Å²) >= 11 is 0. The molecule has 1 aromatic carbocycles. The summed E-state index contributed by atoms with van der Waals surface area (Å²) in [4.78, 5) is 2.43. The van der Waals surface area contributed by atoms with Crippen LogP contribution in [0.25, 0.3) is 0 Å². The molecule has 1 unspecified atom stereocenters. The molecule has 2 aliphatic heterocycles. The number of benzene rings is 1. The molecule has 1 N–H and O–H groups in total. The second-order valence-corrected chi connectivity index (χ2v) is 6.29. The van der Waals surface area contributed by atoms with E-state index in [-0.39, 0.29) is 0 Å². The van der Waals surface area contributed by atoms with Gasteiger partial charge >= 0.3 is 0 Å².